The molecule has 7 heteroatoms. The lowest BCUT2D eigenvalue weighted by atomic mass is 10.2. The number of amides is 2. The first kappa shape index (κ1) is 14.3. The van der Waals surface area contributed by atoms with Crippen molar-refractivity contribution in [2.45, 2.75) is 19.4 Å². The molecule has 1 N–H and O–H groups in total. The minimum atomic E-state index is -0.121. The highest BCUT2D eigenvalue weighted by molar-refractivity contribution is 7.99. The average Bonchev–Trinajstić information content (AvgIpc) is 2.72. The number of nitrogens with one attached hydrogen (secondary N) is 1. The predicted octanol–water partition coefficient (Wildman–Crippen LogP) is 2.04. The van der Waals surface area contributed by atoms with Crippen molar-refractivity contribution >= 4 is 52.3 Å². The molecule has 0 spiro atoms. The maximum absolute atomic E-state index is 12.5. The quantitative estimate of drug-likeness (QED) is 0.845. The van der Waals surface area contributed by atoms with Crippen LogP contribution in [0.2, 0.25) is 0 Å². The summed E-state index contributed by atoms with van der Waals surface area (Å²) in [6.45, 7) is 1.46. The number of thioether (sulfide) groups is 1. The van der Waals surface area contributed by atoms with Crippen molar-refractivity contribution in [3.05, 3.63) is 24.3 Å². The van der Waals surface area contributed by atoms with Gasteiger partial charge in [0.15, 0.2) is 5.11 Å². The Bertz CT molecular complexity index is 579. The number of hydrogen-bond donors (Lipinski definition) is 1. The summed E-state index contributed by atoms with van der Waals surface area (Å²) in [6, 6.07) is 7.05. The summed E-state index contributed by atoms with van der Waals surface area (Å²) in [4.78, 5) is 27.1. The number of anilines is 2. The number of fused-ring (bicyclic) bond motifs is 1. The number of hydrogen-bond acceptors (Lipinski definition) is 4. The topological polar surface area (TPSA) is 52.7 Å². The lowest BCUT2D eigenvalue weighted by Gasteiger charge is -2.27. The van der Waals surface area contributed by atoms with Gasteiger partial charge in [0.25, 0.3) is 5.91 Å². The van der Waals surface area contributed by atoms with Crippen LogP contribution in [0.1, 0.15) is 13.3 Å². The lowest BCUT2D eigenvalue weighted by Crippen LogP contribution is -2.38. The molecule has 2 aliphatic rings. The van der Waals surface area contributed by atoms with Gasteiger partial charge in [-0.3, -0.25) is 14.5 Å². The second kappa shape index (κ2) is 5.65. The van der Waals surface area contributed by atoms with Crippen LogP contribution in [0.15, 0.2) is 24.3 Å². The van der Waals surface area contributed by atoms with Crippen molar-refractivity contribution in [3.63, 3.8) is 0 Å². The van der Waals surface area contributed by atoms with Crippen LogP contribution in [-0.2, 0) is 9.59 Å². The van der Waals surface area contributed by atoms with Crippen LogP contribution in [0.5, 0.6) is 0 Å². The fourth-order valence-electron chi connectivity index (χ4n) is 2.56. The Labute approximate surface area is 132 Å². The Morgan fingerprint density at radius 3 is 2.71 bits per heavy atom. The van der Waals surface area contributed by atoms with Gasteiger partial charge in [-0.2, -0.15) is 0 Å². The van der Waals surface area contributed by atoms with E-state index in [0.29, 0.717) is 10.8 Å². The molecule has 0 bridgehead atoms. The van der Waals surface area contributed by atoms with Crippen LogP contribution in [-0.4, -0.2) is 39.5 Å². The fraction of sp³-hybridized carbons (Fsp3) is 0.357. The van der Waals surface area contributed by atoms with Crippen molar-refractivity contribution in [2.75, 3.05) is 21.8 Å². The van der Waals surface area contributed by atoms with Gasteiger partial charge in [-0.05, 0) is 48.7 Å². The van der Waals surface area contributed by atoms with E-state index in [-0.39, 0.29) is 17.9 Å². The smallest absolute Gasteiger partial charge is 0.256 e. The number of carbonyl (C=O) groups excluding carboxylic acids is 2. The highest BCUT2D eigenvalue weighted by Crippen LogP contribution is 2.32. The van der Waals surface area contributed by atoms with E-state index in [0.717, 1.165) is 23.7 Å². The summed E-state index contributed by atoms with van der Waals surface area (Å²) in [6.07, 6.45) is 0.837. The Morgan fingerprint density at radius 2 is 2.10 bits per heavy atom. The summed E-state index contributed by atoms with van der Waals surface area (Å²) in [7, 11) is 0. The first-order valence-electron chi connectivity index (χ1n) is 6.68. The molecule has 2 aliphatic heterocycles. The predicted molar refractivity (Wildman–Crippen MR) is 88.4 cm³/mol. The minimum Gasteiger partial charge on any atom is -0.327 e. The second-order valence-corrected chi connectivity index (χ2v) is 6.44. The molecule has 3 rings (SSSR count). The van der Waals surface area contributed by atoms with Crippen LogP contribution in [0.3, 0.4) is 0 Å². The average molecular weight is 321 g/mol. The number of benzene rings is 1. The van der Waals surface area contributed by atoms with Gasteiger partial charge in [-0.15, -0.1) is 11.8 Å². The van der Waals surface area contributed by atoms with Crippen LogP contribution in [0.25, 0.3) is 0 Å². The third-order valence-electron chi connectivity index (χ3n) is 3.53. The van der Waals surface area contributed by atoms with Crippen molar-refractivity contribution in [1.29, 1.82) is 0 Å². The molecule has 21 heavy (non-hydrogen) atoms. The summed E-state index contributed by atoms with van der Waals surface area (Å²) in [5, 5.41) is 3.28. The van der Waals surface area contributed by atoms with Crippen LogP contribution in [0, 0.1) is 0 Å². The van der Waals surface area contributed by atoms with Crippen molar-refractivity contribution in [1.82, 2.24) is 4.90 Å². The third kappa shape index (κ3) is 2.63. The highest BCUT2D eigenvalue weighted by atomic mass is 32.2. The molecule has 0 radical (unpaired) electrons. The van der Waals surface area contributed by atoms with E-state index < -0.39 is 0 Å². The fourth-order valence-corrected chi connectivity index (χ4v) is 4.04. The molecule has 2 amide bonds. The van der Waals surface area contributed by atoms with Crippen LogP contribution >= 0.6 is 24.0 Å². The van der Waals surface area contributed by atoms with E-state index in [4.69, 9.17) is 12.2 Å². The minimum absolute atomic E-state index is 0.0487. The zero-order valence-electron chi connectivity index (χ0n) is 11.5. The first-order chi connectivity index (χ1) is 10.1. The van der Waals surface area contributed by atoms with Crippen LogP contribution in [0.4, 0.5) is 11.4 Å². The summed E-state index contributed by atoms with van der Waals surface area (Å²) < 4.78 is 0. The second-order valence-electron chi connectivity index (χ2n) is 5.00. The Morgan fingerprint density at radius 1 is 1.38 bits per heavy atom. The van der Waals surface area contributed by atoms with Gasteiger partial charge in [-0.1, -0.05) is 0 Å². The van der Waals surface area contributed by atoms with Gasteiger partial charge < -0.3 is 10.2 Å². The normalized spacial score (nSPS) is 21.5. The standard InChI is InChI=1S/C14H15N3O2S2/c1-9(18)15-10-2-4-11(5-3-10)17-13(19)12-6-7-21-8-16(12)14(17)20/h2-5,12H,6-8H2,1H3,(H,15,18). The molecule has 0 saturated carbocycles. The molecule has 0 aliphatic carbocycles. The molecule has 2 fully saturated rings. The summed E-state index contributed by atoms with van der Waals surface area (Å²) in [5.41, 5.74) is 1.45. The van der Waals surface area contributed by atoms with E-state index in [2.05, 4.69) is 5.32 Å². The SMILES string of the molecule is CC(=O)Nc1ccc(N2C(=O)C3CCSCN3C2=S)cc1. The number of thiocarbonyl (C=S) groups is 1. The molecule has 2 saturated heterocycles. The molecule has 1 aromatic carbocycles. The van der Waals surface area contributed by atoms with Crippen molar-refractivity contribution in [3.8, 4) is 0 Å². The highest BCUT2D eigenvalue weighted by Gasteiger charge is 2.44. The zero-order chi connectivity index (χ0) is 15.0. The van der Waals surface area contributed by atoms with E-state index in [1.165, 1.54) is 6.92 Å². The molecule has 0 aromatic heterocycles. The maximum Gasteiger partial charge on any atom is 0.256 e. The molecule has 1 atom stereocenters. The Balaban J connectivity index is 1.84. The van der Waals surface area contributed by atoms with Crippen molar-refractivity contribution < 1.29 is 9.59 Å². The van der Waals surface area contributed by atoms with Crippen molar-refractivity contribution in [2.24, 2.45) is 0 Å². The Hall–Kier alpha value is -1.60. The molecule has 5 nitrogen and oxygen atoms in total. The lowest BCUT2D eigenvalue weighted by molar-refractivity contribution is -0.119. The molecular weight excluding hydrogens is 306 g/mol. The number of nitrogens with zero attached hydrogens (tertiary/aromatic N) is 2. The van der Waals surface area contributed by atoms with Gasteiger partial charge in [0.1, 0.15) is 6.04 Å². The largest absolute Gasteiger partial charge is 0.327 e. The summed E-state index contributed by atoms with van der Waals surface area (Å²) in [5.74, 6) is 1.69. The van der Waals surface area contributed by atoms with Gasteiger partial charge in [0, 0.05) is 12.6 Å². The first-order valence-corrected chi connectivity index (χ1v) is 8.24. The maximum atomic E-state index is 12.5. The van der Waals surface area contributed by atoms with Crippen LogP contribution < -0.4 is 10.2 Å². The van der Waals surface area contributed by atoms with Gasteiger partial charge in [0.05, 0.1) is 11.6 Å². The Kier molecular flexibility index (Phi) is 3.86. The monoisotopic (exact) mass is 321 g/mol. The number of rotatable bonds is 2. The van der Waals surface area contributed by atoms with Gasteiger partial charge >= 0.3 is 0 Å². The zero-order valence-corrected chi connectivity index (χ0v) is 13.2. The van der Waals surface area contributed by atoms with E-state index in [9.17, 15) is 9.59 Å². The van der Waals surface area contributed by atoms with Gasteiger partial charge in [-0.25, -0.2) is 0 Å². The molecule has 2 heterocycles. The molecule has 1 aromatic rings. The molecular formula is C14H15N3O2S2. The van der Waals surface area contributed by atoms with Gasteiger partial charge in [0.2, 0.25) is 5.91 Å². The number of carbonyl (C=O) groups is 2. The van der Waals surface area contributed by atoms with E-state index in [1.54, 1.807) is 40.9 Å². The van der Waals surface area contributed by atoms with E-state index in [1.807, 2.05) is 4.90 Å². The summed E-state index contributed by atoms with van der Waals surface area (Å²) >= 11 is 7.24. The molecule has 110 valence electrons. The van der Waals surface area contributed by atoms with E-state index >= 15 is 0 Å². The molecule has 1 unspecified atom stereocenters. The third-order valence-corrected chi connectivity index (χ3v) is 4.93.